The number of hydrogen-bond donors (Lipinski definition) is 1. The van der Waals surface area contributed by atoms with Gasteiger partial charge in [0.15, 0.2) is 10.8 Å². The summed E-state index contributed by atoms with van der Waals surface area (Å²) in [4.78, 5) is 27.1. The first-order valence-corrected chi connectivity index (χ1v) is 9.13. The topological polar surface area (TPSA) is 115 Å². The summed E-state index contributed by atoms with van der Waals surface area (Å²) in [5.41, 5.74) is 1.66. The van der Waals surface area contributed by atoms with Crippen LogP contribution in [-0.4, -0.2) is 35.7 Å². The SMILES string of the molecule is Cc1cc2nnc(SC(C)C(=O)Nc3ccc([N+](=O)[O-])cc3Cl)n2c(C)n1. The van der Waals surface area contributed by atoms with Crippen molar-refractivity contribution in [3.63, 3.8) is 0 Å². The number of halogens is 1. The third-order valence-electron chi connectivity index (χ3n) is 3.73. The molecule has 0 radical (unpaired) electrons. The Morgan fingerprint density at radius 3 is 2.74 bits per heavy atom. The molecule has 0 spiro atoms. The molecule has 1 aromatic carbocycles. The van der Waals surface area contributed by atoms with Crippen molar-refractivity contribution in [2.75, 3.05) is 5.32 Å². The van der Waals surface area contributed by atoms with Crippen LogP contribution in [0.3, 0.4) is 0 Å². The summed E-state index contributed by atoms with van der Waals surface area (Å²) in [5.74, 6) is 0.411. The number of benzene rings is 1. The lowest BCUT2D eigenvalue weighted by atomic mass is 10.2. The molecule has 1 unspecified atom stereocenters. The molecule has 0 saturated heterocycles. The van der Waals surface area contributed by atoms with Gasteiger partial charge in [-0.3, -0.25) is 19.3 Å². The lowest BCUT2D eigenvalue weighted by Gasteiger charge is -2.12. The highest BCUT2D eigenvalue weighted by molar-refractivity contribution is 8.00. The molecule has 2 heterocycles. The molecule has 1 atom stereocenters. The molecule has 0 aliphatic carbocycles. The Morgan fingerprint density at radius 1 is 1.33 bits per heavy atom. The first-order valence-electron chi connectivity index (χ1n) is 7.87. The van der Waals surface area contributed by atoms with Gasteiger partial charge in [0, 0.05) is 23.9 Å². The number of thioether (sulfide) groups is 1. The molecule has 3 rings (SSSR count). The Labute approximate surface area is 163 Å². The van der Waals surface area contributed by atoms with Gasteiger partial charge in [-0.15, -0.1) is 10.2 Å². The Balaban J connectivity index is 1.76. The van der Waals surface area contributed by atoms with Gasteiger partial charge < -0.3 is 5.32 Å². The first kappa shape index (κ1) is 19.1. The molecule has 2 aromatic heterocycles. The number of fused-ring (bicyclic) bond motifs is 1. The van der Waals surface area contributed by atoms with Crippen LogP contribution in [0.25, 0.3) is 5.65 Å². The molecule has 3 aromatic rings. The second kappa shape index (κ2) is 7.49. The van der Waals surface area contributed by atoms with Gasteiger partial charge >= 0.3 is 0 Å². The minimum Gasteiger partial charge on any atom is -0.324 e. The Kier molecular flexibility index (Phi) is 5.29. The molecular weight excluding hydrogens is 392 g/mol. The van der Waals surface area contributed by atoms with Gasteiger partial charge in [0.25, 0.3) is 5.69 Å². The monoisotopic (exact) mass is 406 g/mol. The molecule has 11 heteroatoms. The van der Waals surface area contributed by atoms with E-state index in [0.29, 0.717) is 16.5 Å². The molecule has 0 saturated carbocycles. The highest BCUT2D eigenvalue weighted by Crippen LogP contribution is 2.28. The summed E-state index contributed by atoms with van der Waals surface area (Å²) in [6, 6.07) is 5.69. The molecular formula is C16H15ClN6O3S. The molecule has 9 nitrogen and oxygen atoms in total. The third kappa shape index (κ3) is 4.01. The van der Waals surface area contributed by atoms with Crippen molar-refractivity contribution in [1.82, 2.24) is 19.6 Å². The van der Waals surface area contributed by atoms with Crippen molar-refractivity contribution < 1.29 is 9.72 Å². The fourth-order valence-corrected chi connectivity index (χ4v) is 3.57. The number of aryl methyl sites for hydroxylation is 2. The summed E-state index contributed by atoms with van der Waals surface area (Å²) in [7, 11) is 0. The number of rotatable bonds is 5. The van der Waals surface area contributed by atoms with Crippen molar-refractivity contribution in [2.45, 2.75) is 31.2 Å². The maximum atomic E-state index is 12.5. The second-order valence-corrected chi connectivity index (χ2v) is 7.51. The van der Waals surface area contributed by atoms with Crippen molar-refractivity contribution in [3.05, 3.63) is 50.9 Å². The number of nitro benzene ring substituents is 1. The summed E-state index contributed by atoms with van der Waals surface area (Å²) in [6.45, 7) is 5.44. The lowest BCUT2D eigenvalue weighted by molar-refractivity contribution is -0.384. The van der Waals surface area contributed by atoms with Crippen LogP contribution >= 0.6 is 23.4 Å². The first-order chi connectivity index (χ1) is 12.8. The molecule has 0 aliphatic rings. The number of hydrogen-bond acceptors (Lipinski definition) is 7. The van der Waals surface area contributed by atoms with E-state index < -0.39 is 10.2 Å². The zero-order valence-corrected chi connectivity index (χ0v) is 16.2. The van der Waals surface area contributed by atoms with Crippen molar-refractivity contribution in [3.8, 4) is 0 Å². The molecule has 140 valence electrons. The minimum absolute atomic E-state index is 0.0956. The number of aromatic nitrogens is 4. The van der Waals surface area contributed by atoms with E-state index in [1.165, 1.54) is 30.0 Å². The standard InChI is InChI=1S/C16H15ClN6O3S/c1-8-6-14-20-21-16(22(14)10(3)18-8)27-9(2)15(24)19-13-5-4-11(23(25)26)7-12(13)17/h4-7,9H,1-3H3,(H,19,24). The Hall–Kier alpha value is -2.72. The minimum atomic E-state index is -0.551. The van der Waals surface area contributed by atoms with E-state index in [1.807, 2.05) is 19.9 Å². The van der Waals surface area contributed by atoms with Crippen LogP contribution in [0.5, 0.6) is 0 Å². The van der Waals surface area contributed by atoms with Gasteiger partial charge in [-0.05, 0) is 26.8 Å². The van der Waals surface area contributed by atoms with Gasteiger partial charge in [-0.25, -0.2) is 4.98 Å². The van der Waals surface area contributed by atoms with E-state index in [2.05, 4.69) is 20.5 Å². The van der Waals surface area contributed by atoms with Crippen LogP contribution in [0.1, 0.15) is 18.4 Å². The number of carbonyl (C=O) groups excluding carboxylic acids is 1. The van der Waals surface area contributed by atoms with Gasteiger partial charge in [-0.1, -0.05) is 23.4 Å². The van der Waals surface area contributed by atoms with E-state index in [1.54, 1.807) is 11.3 Å². The zero-order chi connectivity index (χ0) is 19.7. The predicted molar refractivity (Wildman–Crippen MR) is 102 cm³/mol. The van der Waals surface area contributed by atoms with Crippen molar-refractivity contribution >= 4 is 46.3 Å². The largest absolute Gasteiger partial charge is 0.324 e. The van der Waals surface area contributed by atoms with Crippen LogP contribution in [0.15, 0.2) is 29.4 Å². The summed E-state index contributed by atoms with van der Waals surface area (Å²) in [6.07, 6.45) is 0. The van der Waals surface area contributed by atoms with E-state index in [4.69, 9.17) is 11.6 Å². The summed E-state index contributed by atoms with van der Waals surface area (Å²) >= 11 is 7.24. The van der Waals surface area contributed by atoms with E-state index in [0.717, 1.165) is 11.5 Å². The Bertz CT molecular complexity index is 1050. The maximum absolute atomic E-state index is 12.5. The number of non-ortho nitro benzene ring substituents is 1. The van der Waals surface area contributed by atoms with Crippen molar-refractivity contribution in [2.24, 2.45) is 0 Å². The molecule has 1 N–H and O–H groups in total. The molecule has 27 heavy (non-hydrogen) atoms. The fourth-order valence-electron chi connectivity index (χ4n) is 2.44. The summed E-state index contributed by atoms with van der Waals surface area (Å²) < 4.78 is 1.78. The normalized spacial score (nSPS) is 12.1. The van der Waals surface area contributed by atoms with Crippen LogP contribution in [0.4, 0.5) is 11.4 Å². The average molecular weight is 407 g/mol. The number of amides is 1. The molecule has 0 bridgehead atoms. The second-order valence-electron chi connectivity index (χ2n) is 5.79. The quantitative estimate of drug-likeness (QED) is 0.392. The number of nitrogens with one attached hydrogen (secondary N) is 1. The van der Waals surface area contributed by atoms with Crippen LogP contribution < -0.4 is 5.32 Å². The van der Waals surface area contributed by atoms with Crippen LogP contribution in [0, 0.1) is 24.0 Å². The molecule has 1 amide bonds. The van der Waals surface area contributed by atoms with Gasteiger partial charge in [-0.2, -0.15) is 0 Å². The number of nitrogens with zero attached hydrogens (tertiary/aromatic N) is 5. The predicted octanol–water partition coefficient (Wildman–Crippen LogP) is 3.42. The number of anilines is 1. The van der Waals surface area contributed by atoms with Crippen LogP contribution in [0.2, 0.25) is 5.02 Å². The lowest BCUT2D eigenvalue weighted by Crippen LogP contribution is -2.23. The average Bonchev–Trinajstić information content (AvgIpc) is 2.99. The Morgan fingerprint density at radius 2 is 2.07 bits per heavy atom. The number of nitro groups is 1. The van der Waals surface area contributed by atoms with E-state index in [9.17, 15) is 14.9 Å². The summed E-state index contributed by atoms with van der Waals surface area (Å²) in [5, 5.41) is 21.8. The molecule has 0 fully saturated rings. The zero-order valence-electron chi connectivity index (χ0n) is 14.6. The van der Waals surface area contributed by atoms with Crippen molar-refractivity contribution in [1.29, 1.82) is 0 Å². The smallest absolute Gasteiger partial charge is 0.271 e. The third-order valence-corrected chi connectivity index (χ3v) is 5.09. The van der Waals surface area contributed by atoms with Gasteiger partial charge in [0.2, 0.25) is 5.91 Å². The fraction of sp³-hybridized carbons (Fsp3) is 0.250. The van der Waals surface area contributed by atoms with Gasteiger partial charge in [0.1, 0.15) is 5.82 Å². The maximum Gasteiger partial charge on any atom is 0.271 e. The number of carbonyl (C=O) groups is 1. The van der Waals surface area contributed by atoms with Crippen LogP contribution in [-0.2, 0) is 4.79 Å². The highest BCUT2D eigenvalue weighted by atomic mass is 35.5. The van der Waals surface area contributed by atoms with E-state index in [-0.39, 0.29) is 16.6 Å². The van der Waals surface area contributed by atoms with Gasteiger partial charge in [0.05, 0.1) is 20.9 Å². The van der Waals surface area contributed by atoms with E-state index >= 15 is 0 Å². The molecule has 0 aliphatic heterocycles. The highest BCUT2D eigenvalue weighted by Gasteiger charge is 2.20.